The lowest BCUT2D eigenvalue weighted by Gasteiger charge is -2.34. The van der Waals surface area contributed by atoms with E-state index in [-0.39, 0.29) is 18.9 Å². The molecule has 26 heavy (non-hydrogen) atoms. The normalized spacial score (nSPS) is 17.2. The van der Waals surface area contributed by atoms with Crippen LogP contribution in [0.4, 0.5) is 0 Å². The second-order valence-electron chi connectivity index (χ2n) is 6.13. The third kappa shape index (κ3) is 3.89. The molecule has 7 heteroatoms. The van der Waals surface area contributed by atoms with E-state index >= 15 is 0 Å². The van der Waals surface area contributed by atoms with E-state index in [0.717, 1.165) is 21.8 Å². The monoisotopic (exact) mass is 375 g/mol. The van der Waals surface area contributed by atoms with Crippen LogP contribution < -0.4 is 4.74 Å². The largest absolute Gasteiger partial charge is 0.497 e. The second-order valence-corrected chi connectivity index (χ2v) is 7.39. The maximum atomic E-state index is 13.0. The molecule has 1 aliphatic rings. The number of aliphatic carboxylic acids is 1. The van der Waals surface area contributed by atoms with E-state index in [4.69, 9.17) is 14.6 Å². The topological polar surface area (TPSA) is 76.1 Å². The summed E-state index contributed by atoms with van der Waals surface area (Å²) >= 11 is 1.43. The van der Waals surface area contributed by atoms with E-state index in [9.17, 15) is 9.59 Å². The molecule has 0 aliphatic carbocycles. The van der Waals surface area contributed by atoms with Gasteiger partial charge in [0.05, 0.1) is 37.7 Å². The molecule has 6 nitrogen and oxygen atoms in total. The van der Waals surface area contributed by atoms with Gasteiger partial charge in [0.2, 0.25) is 0 Å². The molecule has 1 fully saturated rings. The summed E-state index contributed by atoms with van der Waals surface area (Å²) in [5.74, 6) is -0.283. The molecule has 1 saturated heterocycles. The summed E-state index contributed by atoms with van der Waals surface area (Å²) in [5, 5.41) is 9.07. The van der Waals surface area contributed by atoms with Gasteiger partial charge in [-0.3, -0.25) is 9.59 Å². The highest BCUT2D eigenvalue weighted by molar-refractivity contribution is 7.14. The van der Waals surface area contributed by atoms with Crippen molar-refractivity contribution in [2.45, 2.75) is 19.4 Å². The number of carbonyl (C=O) groups is 2. The number of rotatable bonds is 5. The van der Waals surface area contributed by atoms with E-state index in [2.05, 4.69) is 0 Å². The Morgan fingerprint density at radius 2 is 2.08 bits per heavy atom. The molecule has 1 N–H and O–H groups in total. The maximum absolute atomic E-state index is 13.0. The number of carboxylic acids is 1. The third-order valence-corrected chi connectivity index (χ3v) is 5.47. The van der Waals surface area contributed by atoms with E-state index in [1.54, 1.807) is 12.0 Å². The Morgan fingerprint density at radius 1 is 1.35 bits per heavy atom. The SMILES string of the molecule is COc1ccc(-c2cc(C(=O)N3CCOCC3CC(=O)O)sc2C)cc1. The number of benzene rings is 1. The Kier molecular flexibility index (Phi) is 5.58. The summed E-state index contributed by atoms with van der Waals surface area (Å²) in [7, 11) is 1.62. The molecule has 3 rings (SSSR count). The molecule has 2 aromatic rings. The highest BCUT2D eigenvalue weighted by Crippen LogP contribution is 2.33. The minimum Gasteiger partial charge on any atom is -0.497 e. The van der Waals surface area contributed by atoms with Gasteiger partial charge in [-0.05, 0) is 36.2 Å². The fraction of sp³-hybridized carbons (Fsp3) is 0.368. The predicted octanol–water partition coefficient (Wildman–Crippen LogP) is 3.05. The van der Waals surface area contributed by atoms with Gasteiger partial charge in [0, 0.05) is 11.4 Å². The van der Waals surface area contributed by atoms with Gasteiger partial charge < -0.3 is 19.5 Å². The molecule has 0 bridgehead atoms. The van der Waals surface area contributed by atoms with Crippen LogP contribution in [-0.4, -0.2) is 54.8 Å². The first kappa shape index (κ1) is 18.4. The Hall–Kier alpha value is -2.38. The number of aryl methyl sites for hydroxylation is 1. The van der Waals surface area contributed by atoms with Crippen LogP contribution in [0.5, 0.6) is 5.75 Å². The minimum absolute atomic E-state index is 0.110. The molecule has 1 amide bonds. The van der Waals surface area contributed by atoms with Gasteiger partial charge in [0.25, 0.3) is 5.91 Å². The van der Waals surface area contributed by atoms with Gasteiger partial charge in [-0.25, -0.2) is 0 Å². The predicted molar refractivity (Wildman–Crippen MR) is 98.9 cm³/mol. The van der Waals surface area contributed by atoms with Crippen LogP contribution in [0.25, 0.3) is 11.1 Å². The van der Waals surface area contributed by atoms with Crippen molar-refractivity contribution >= 4 is 23.2 Å². The first-order valence-electron chi connectivity index (χ1n) is 8.35. The number of carboxylic acid groups (broad SMARTS) is 1. The Bertz CT molecular complexity index is 799. The fourth-order valence-electron chi connectivity index (χ4n) is 3.08. The van der Waals surface area contributed by atoms with Crippen molar-refractivity contribution in [3.63, 3.8) is 0 Å². The van der Waals surface area contributed by atoms with Gasteiger partial charge in [-0.2, -0.15) is 0 Å². The molecular formula is C19H21NO5S. The lowest BCUT2D eigenvalue weighted by molar-refractivity contribution is -0.139. The quantitative estimate of drug-likeness (QED) is 0.869. The number of nitrogens with zero attached hydrogens (tertiary/aromatic N) is 1. The Balaban J connectivity index is 1.84. The van der Waals surface area contributed by atoms with Crippen LogP contribution in [0, 0.1) is 6.92 Å². The van der Waals surface area contributed by atoms with Gasteiger partial charge in [0.1, 0.15) is 5.75 Å². The number of morpholine rings is 1. The summed E-state index contributed by atoms with van der Waals surface area (Å²) in [6, 6.07) is 9.16. The number of hydrogen-bond acceptors (Lipinski definition) is 5. The molecule has 1 aromatic heterocycles. The van der Waals surface area contributed by atoms with E-state index in [0.29, 0.717) is 18.0 Å². The third-order valence-electron chi connectivity index (χ3n) is 4.43. The van der Waals surface area contributed by atoms with Crippen molar-refractivity contribution in [3.8, 4) is 16.9 Å². The van der Waals surface area contributed by atoms with E-state index in [1.165, 1.54) is 11.3 Å². The Labute approximate surface area is 156 Å². The summed E-state index contributed by atoms with van der Waals surface area (Å²) in [6.07, 6.45) is -0.110. The average Bonchev–Trinajstić information content (AvgIpc) is 3.03. The van der Waals surface area contributed by atoms with Gasteiger partial charge in [-0.15, -0.1) is 11.3 Å². The van der Waals surface area contributed by atoms with Crippen LogP contribution >= 0.6 is 11.3 Å². The number of amides is 1. The summed E-state index contributed by atoms with van der Waals surface area (Å²) < 4.78 is 10.5. The van der Waals surface area contributed by atoms with Crippen molar-refractivity contribution in [1.29, 1.82) is 0 Å². The lowest BCUT2D eigenvalue weighted by Crippen LogP contribution is -2.49. The maximum Gasteiger partial charge on any atom is 0.305 e. The van der Waals surface area contributed by atoms with Crippen LogP contribution in [0.2, 0.25) is 0 Å². The molecule has 2 heterocycles. The molecule has 138 valence electrons. The highest BCUT2D eigenvalue weighted by Gasteiger charge is 2.31. The Morgan fingerprint density at radius 3 is 2.73 bits per heavy atom. The number of hydrogen-bond donors (Lipinski definition) is 1. The minimum atomic E-state index is -0.931. The molecule has 0 radical (unpaired) electrons. The standard InChI is InChI=1S/C19H21NO5S/c1-12-16(13-3-5-15(24-2)6-4-13)10-17(26-12)19(23)20-7-8-25-11-14(20)9-18(21)22/h3-6,10,14H,7-9,11H2,1-2H3,(H,21,22). The van der Waals surface area contributed by atoms with Crippen molar-refractivity contribution in [2.24, 2.45) is 0 Å². The van der Waals surface area contributed by atoms with Crippen LogP contribution in [0.1, 0.15) is 21.0 Å². The molecule has 1 aromatic carbocycles. The van der Waals surface area contributed by atoms with Gasteiger partial charge in [-0.1, -0.05) is 12.1 Å². The second kappa shape index (κ2) is 7.88. The number of thiophene rings is 1. The molecule has 1 aliphatic heterocycles. The molecule has 1 unspecified atom stereocenters. The number of carbonyl (C=O) groups excluding carboxylic acids is 1. The molecular weight excluding hydrogens is 354 g/mol. The van der Waals surface area contributed by atoms with Crippen molar-refractivity contribution in [3.05, 3.63) is 40.1 Å². The van der Waals surface area contributed by atoms with Crippen LogP contribution in [0.15, 0.2) is 30.3 Å². The number of ether oxygens (including phenoxy) is 2. The van der Waals surface area contributed by atoms with Gasteiger partial charge >= 0.3 is 5.97 Å². The summed E-state index contributed by atoms with van der Waals surface area (Å²) in [4.78, 5) is 27.3. The van der Waals surface area contributed by atoms with Crippen molar-refractivity contribution in [1.82, 2.24) is 4.90 Å². The number of methoxy groups -OCH3 is 1. The molecule has 0 spiro atoms. The molecule has 0 saturated carbocycles. The zero-order chi connectivity index (χ0) is 18.7. The first-order valence-corrected chi connectivity index (χ1v) is 9.16. The van der Waals surface area contributed by atoms with Crippen LogP contribution in [0.3, 0.4) is 0 Å². The first-order chi connectivity index (χ1) is 12.5. The van der Waals surface area contributed by atoms with E-state index in [1.807, 2.05) is 37.3 Å². The summed E-state index contributed by atoms with van der Waals surface area (Å²) in [6.45, 7) is 3.08. The smallest absolute Gasteiger partial charge is 0.305 e. The summed E-state index contributed by atoms with van der Waals surface area (Å²) in [5.41, 5.74) is 2.02. The van der Waals surface area contributed by atoms with Crippen molar-refractivity contribution in [2.75, 3.05) is 26.9 Å². The van der Waals surface area contributed by atoms with Crippen molar-refractivity contribution < 1.29 is 24.2 Å². The highest BCUT2D eigenvalue weighted by atomic mass is 32.1. The zero-order valence-corrected chi connectivity index (χ0v) is 15.5. The molecule has 1 atom stereocenters. The van der Waals surface area contributed by atoms with E-state index < -0.39 is 12.0 Å². The van der Waals surface area contributed by atoms with Gasteiger partial charge in [0.15, 0.2) is 0 Å². The zero-order valence-electron chi connectivity index (χ0n) is 14.7. The lowest BCUT2D eigenvalue weighted by atomic mass is 10.1. The average molecular weight is 375 g/mol. The fourth-order valence-corrected chi connectivity index (χ4v) is 4.08. The van der Waals surface area contributed by atoms with Crippen LogP contribution in [-0.2, 0) is 9.53 Å².